The summed E-state index contributed by atoms with van der Waals surface area (Å²) in [4.78, 5) is 5.13. The van der Waals surface area contributed by atoms with Crippen molar-refractivity contribution in [1.29, 1.82) is 10.5 Å². The molecule has 5 heteroatoms. The molecule has 0 aliphatic carbocycles. The number of aromatic nitrogens is 1. The van der Waals surface area contributed by atoms with Crippen LogP contribution in [0.1, 0.15) is 12.1 Å². The van der Waals surface area contributed by atoms with Crippen molar-refractivity contribution >= 4 is 11.8 Å². The van der Waals surface area contributed by atoms with Crippen LogP contribution in [-0.2, 0) is 0 Å². The molecule has 0 saturated carbocycles. The summed E-state index contributed by atoms with van der Waals surface area (Å²) in [5.74, 6) is 0.254. The van der Waals surface area contributed by atoms with E-state index in [0.717, 1.165) is 16.3 Å². The van der Waals surface area contributed by atoms with Gasteiger partial charge in [0.1, 0.15) is 5.92 Å². The van der Waals surface area contributed by atoms with Crippen LogP contribution in [0.5, 0.6) is 0 Å². The molecule has 0 aliphatic heterocycles. The molecule has 0 amide bonds. The van der Waals surface area contributed by atoms with Crippen LogP contribution in [0.15, 0.2) is 17.2 Å². The summed E-state index contributed by atoms with van der Waals surface area (Å²) < 4.78 is 0. The zero-order chi connectivity index (χ0) is 11.1. The van der Waals surface area contributed by atoms with E-state index in [9.17, 15) is 0 Å². The van der Waals surface area contributed by atoms with Gasteiger partial charge in [0.15, 0.2) is 0 Å². The maximum absolute atomic E-state index is 8.56. The third-order valence-electron chi connectivity index (χ3n) is 1.80. The molecule has 1 heterocycles. The predicted octanol–water partition coefficient (Wildman–Crippen LogP) is -0.660. The molecular weight excluding hydrogens is 292 g/mol. The van der Waals surface area contributed by atoms with Crippen LogP contribution in [0.4, 0.5) is 0 Å². The Kier molecular flexibility index (Phi) is 9.50. The Morgan fingerprint density at radius 1 is 1.50 bits per heavy atom. The fourth-order valence-electron chi connectivity index (χ4n) is 0.942. The second-order valence-corrected chi connectivity index (χ2v) is 4.15. The number of nitriles is 2. The quantitative estimate of drug-likeness (QED) is 0.547. The predicted molar refractivity (Wildman–Crippen MR) is 57.9 cm³/mol. The summed E-state index contributed by atoms with van der Waals surface area (Å²) in [6.07, 6.45) is 2.37. The van der Waals surface area contributed by atoms with Crippen molar-refractivity contribution in [3.63, 3.8) is 0 Å². The fraction of sp³-hybridized carbons (Fsp3) is 0.364. The molecule has 0 atom stereocenters. The molecule has 0 unspecified atom stereocenters. The van der Waals surface area contributed by atoms with E-state index in [1.54, 1.807) is 18.0 Å². The van der Waals surface area contributed by atoms with Crippen molar-refractivity contribution in [2.45, 2.75) is 18.2 Å². The van der Waals surface area contributed by atoms with E-state index in [1.807, 2.05) is 25.1 Å². The third kappa shape index (κ3) is 6.13. The van der Waals surface area contributed by atoms with E-state index >= 15 is 0 Å². The first-order valence-corrected chi connectivity index (χ1v) is 5.51. The summed E-state index contributed by atoms with van der Waals surface area (Å²) >= 11 is 1.59. The molecule has 16 heavy (non-hydrogen) atoms. The van der Waals surface area contributed by atoms with Crippen molar-refractivity contribution in [1.82, 2.24) is 4.98 Å². The molecule has 1 aromatic rings. The summed E-state index contributed by atoms with van der Waals surface area (Å²) in [6, 6.07) is 8.78. The minimum Gasteiger partial charge on any atom is -0.300 e. The van der Waals surface area contributed by atoms with Crippen LogP contribution in [-0.4, -0.2) is 10.7 Å². The molecule has 1 rings (SSSR count). The fourth-order valence-corrected chi connectivity index (χ4v) is 1.80. The minimum absolute atomic E-state index is 0. The van der Waals surface area contributed by atoms with Crippen LogP contribution in [0.3, 0.4) is 0 Å². The molecule has 0 N–H and O–H groups in total. The molecule has 3 nitrogen and oxygen atoms in total. The average Bonchev–Trinajstić information content (AvgIpc) is 2.27. The zero-order valence-electron chi connectivity index (χ0n) is 9.40. The van der Waals surface area contributed by atoms with Gasteiger partial charge in [-0.2, -0.15) is 10.5 Å². The van der Waals surface area contributed by atoms with Gasteiger partial charge in [-0.25, -0.2) is 23.9 Å². The van der Waals surface area contributed by atoms with E-state index in [2.05, 4.69) is 11.1 Å². The second-order valence-electron chi connectivity index (χ2n) is 2.98. The Morgan fingerprint density at radius 3 is 2.69 bits per heavy atom. The van der Waals surface area contributed by atoms with Gasteiger partial charge in [-0.3, -0.25) is 4.98 Å². The average molecular weight is 302 g/mol. The number of pyridine rings is 1. The maximum atomic E-state index is 8.56. The maximum Gasteiger partial charge on any atom is 1.00 e. The van der Waals surface area contributed by atoms with E-state index < -0.39 is 5.92 Å². The Labute approximate surface area is 149 Å². The van der Waals surface area contributed by atoms with Crippen LogP contribution >= 0.6 is 11.8 Å². The van der Waals surface area contributed by atoms with Crippen LogP contribution in [0, 0.1) is 41.6 Å². The van der Waals surface area contributed by atoms with Gasteiger partial charge in [0.2, 0.25) is 0 Å². The van der Waals surface area contributed by atoms with E-state index in [4.69, 9.17) is 10.5 Å². The van der Waals surface area contributed by atoms with Crippen molar-refractivity contribution in [3.8, 4) is 12.1 Å². The van der Waals surface area contributed by atoms with E-state index in [1.165, 1.54) is 0 Å². The Bertz CT molecular complexity index is 377. The topological polar surface area (TPSA) is 60.5 Å². The van der Waals surface area contributed by atoms with Crippen molar-refractivity contribution < 1.29 is 58.2 Å². The molecule has 0 aliphatic rings. The Morgan fingerprint density at radius 2 is 2.19 bits per heavy atom. The number of thioether (sulfide) groups is 1. The summed E-state index contributed by atoms with van der Waals surface area (Å²) in [5, 5.41) is 17.1. The molecule has 0 fully saturated rings. The SMILES string of the molecule is Cc1[c-]cc(SCCC(C#N)C#N)cn1.[Rb+]. The van der Waals surface area contributed by atoms with Crippen LogP contribution in [0.25, 0.3) is 0 Å². The molecule has 0 saturated heterocycles. The minimum atomic E-state index is -0.500. The van der Waals surface area contributed by atoms with Gasteiger partial charge in [0, 0.05) is 0 Å². The summed E-state index contributed by atoms with van der Waals surface area (Å²) in [5.41, 5.74) is 0.867. The molecule has 0 spiro atoms. The normalized spacial score (nSPS) is 9.00. The number of aryl methyl sites for hydroxylation is 1. The Hall–Kier alpha value is 0.285. The smallest absolute Gasteiger partial charge is 0.300 e. The molecule has 0 bridgehead atoms. The monoisotopic (exact) mass is 301 g/mol. The largest absolute Gasteiger partial charge is 1.00 e. The van der Waals surface area contributed by atoms with Gasteiger partial charge >= 0.3 is 58.2 Å². The van der Waals surface area contributed by atoms with E-state index in [0.29, 0.717) is 6.42 Å². The number of hydrogen-bond donors (Lipinski definition) is 0. The number of nitrogens with zero attached hydrogens (tertiary/aromatic N) is 3. The second kappa shape index (κ2) is 9.33. The van der Waals surface area contributed by atoms with Crippen LogP contribution in [0.2, 0.25) is 0 Å². The number of hydrogen-bond acceptors (Lipinski definition) is 4. The van der Waals surface area contributed by atoms with Gasteiger partial charge in [-0.15, -0.1) is 4.90 Å². The first-order chi connectivity index (χ1) is 7.26. The van der Waals surface area contributed by atoms with Crippen molar-refractivity contribution in [2.24, 2.45) is 5.92 Å². The molecular formula is C11H10N3RbS. The van der Waals surface area contributed by atoms with Gasteiger partial charge in [0.05, 0.1) is 12.1 Å². The molecule has 0 aromatic carbocycles. The first kappa shape index (κ1) is 16.3. The molecule has 0 radical (unpaired) electrons. The van der Waals surface area contributed by atoms with Crippen molar-refractivity contribution in [2.75, 3.05) is 5.75 Å². The van der Waals surface area contributed by atoms with Gasteiger partial charge in [-0.05, 0) is 25.3 Å². The summed E-state index contributed by atoms with van der Waals surface area (Å²) in [7, 11) is 0. The van der Waals surface area contributed by atoms with Crippen LogP contribution < -0.4 is 58.2 Å². The van der Waals surface area contributed by atoms with Gasteiger partial charge < -0.3 is 0 Å². The molecule has 76 valence electrons. The van der Waals surface area contributed by atoms with Crippen molar-refractivity contribution in [3.05, 3.63) is 24.0 Å². The first-order valence-electron chi connectivity index (χ1n) is 4.52. The standard InChI is InChI=1S/C11H10N3S.Rb/c1-9-2-3-11(8-14-9)15-5-4-10(6-12)7-13;/h3,8,10H,4-5H2,1H3;/q-1;+1. The zero-order valence-corrected chi connectivity index (χ0v) is 15.1. The van der Waals surface area contributed by atoms with Gasteiger partial charge in [0.25, 0.3) is 0 Å². The van der Waals surface area contributed by atoms with Gasteiger partial charge in [-0.1, -0.05) is 5.69 Å². The Balaban J connectivity index is 0.00000225. The third-order valence-corrected chi connectivity index (χ3v) is 2.79. The molecule has 1 aromatic heterocycles. The summed E-state index contributed by atoms with van der Waals surface area (Å²) in [6.45, 7) is 1.88. The number of rotatable bonds is 4. The van der Waals surface area contributed by atoms with E-state index in [-0.39, 0.29) is 58.2 Å².